The largest absolute Gasteiger partial charge is 0.467 e. The quantitative estimate of drug-likeness (QED) is 0.161. The number of hydrogen-bond donors (Lipinski definition) is 2. The Morgan fingerprint density at radius 2 is 1.16 bits per heavy atom. The Labute approximate surface area is 336 Å². The van der Waals surface area contributed by atoms with E-state index in [1.165, 1.54) is 27.9 Å². The second-order valence-electron chi connectivity index (χ2n) is 13.7. The summed E-state index contributed by atoms with van der Waals surface area (Å²) in [4.78, 5) is 75.3. The molecule has 0 aliphatic carbocycles. The van der Waals surface area contributed by atoms with Crippen LogP contribution in [0.15, 0.2) is 60.7 Å². The van der Waals surface area contributed by atoms with Crippen molar-refractivity contribution in [3.05, 3.63) is 71.8 Å². The van der Waals surface area contributed by atoms with Crippen molar-refractivity contribution in [2.24, 2.45) is 0 Å². The molecule has 0 bridgehead atoms. The van der Waals surface area contributed by atoms with Crippen molar-refractivity contribution in [3.8, 4) is 0 Å². The van der Waals surface area contributed by atoms with Crippen LogP contribution >= 0.6 is 0 Å². The molecule has 18 nitrogen and oxygen atoms in total. The third kappa shape index (κ3) is 13.6. The zero-order chi connectivity index (χ0) is 42.4. The van der Waals surface area contributed by atoms with Crippen LogP contribution in [-0.2, 0) is 89.3 Å². The van der Waals surface area contributed by atoms with Crippen molar-refractivity contribution in [2.75, 3.05) is 20.3 Å². The van der Waals surface area contributed by atoms with Crippen molar-refractivity contribution in [2.45, 2.75) is 122 Å². The van der Waals surface area contributed by atoms with E-state index in [0.717, 1.165) is 31.9 Å². The molecular weight excluding hydrogens is 764 g/mol. The fraction of sp³-hybridized carbons (Fsp3) is 0.550. The minimum absolute atomic E-state index is 0.0414. The molecule has 18 heteroatoms. The zero-order valence-corrected chi connectivity index (χ0v) is 33.5. The Hall–Kier alpha value is -4.98. The topological polar surface area (TPSA) is 219 Å². The number of hydrogen-bond acceptors (Lipinski definition) is 16. The molecule has 0 aromatic heterocycles. The first-order valence-electron chi connectivity index (χ1n) is 18.7. The summed E-state index contributed by atoms with van der Waals surface area (Å²) >= 11 is 0. The standard InChI is InChI=1S/C40H52N2O16/c1-22(38(48)49-7)53-36-32(41-23(2)43)39(52-19-29-16-12-9-13-17-29)56-30(20-50-18-28-14-10-8-11-15-28)35(36)58-40-33(42-24(3)44)37(55-27(6)47)34(54-26(5)46)31(57-40)21-51-25(4)45/h8-17,22,30-37,39-40H,18-21H2,1-7H3,(H,41,43)(H,42,44)/t22-,30-,31-,32-,33-,34-,35-,36-,37-,39+,40+/m1/s1. The number of amides is 2. The molecule has 2 N–H and O–H groups in total. The molecule has 4 rings (SSSR count). The van der Waals surface area contributed by atoms with Crippen LogP contribution in [0, 0.1) is 0 Å². The van der Waals surface area contributed by atoms with E-state index >= 15 is 0 Å². The highest BCUT2D eigenvalue weighted by atomic mass is 16.7. The Kier molecular flexibility index (Phi) is 17.5. The Morgan fingerprint density at radius 1 is 0.638 bits per heavy atom. The molecule has 2 heterocycles. The molecule has 318 valence electrons. The maximum Gasteiger partial charge on any atom is 0.334 e. The smallest absolute Gasteiger partial charge is 0.334 e. The fourth-order valence-electron chi connectivity index (χ4n) is 6.53. The minimum Gasteiger partial charge on any atom is -0.467 e. The first kappa shape index (κ1) is 45.7. The van der Waals surface area contributed by atoms with E-state index in [2.05, 4.69) is 10.6 Å². The number of carbonyl (C=O) groups excluding carboxylic acids is 6. The van der Waals surface area contributed by atoms with Crippen LogP contribution in [-0.4, -0.2) is 123 Å². The first-order chi connectivity index (χ1) is 27.7. The van der Waals surface area contributed by atoms with Crippen LogP contribution < -0.4 is 10.6 Å². The summed E-state index contributed by atoms with van der Waals surface area (Å²) in [6.07, 6.45) is -12.0. The van der Waals surface area contributed by atoms with Gasteiger partial charge in [-0.25, -0.2) is 4.79 Å². The van der Waals surface area contributed by atoms with Crippen molar-refractivity contribution < 1.29 is 76.1 Å². The van der Waals surface area contributed by atoms with Crippen LogP contribution in [0.3, 0.4) is 0 Å². The maximum atomic E-state index is 12.9. The van der Waals surface area contributed by atoms with Crippen LogP contribution in [0.5, 0.6) is 0 Å². The summed E-state index contributed by atoms with van der Waals surface area (Å²) in [5.74, 6) is -4.17. The van der Waals surface area contributed by atoms with Gasteiger partial charge in [0, 0.05) is 34.6 Å². The summed E-state index contributed by atoms with van der Waals surface area (Å²) < 4.78 is 59.8. The molecule has 0 spiro atoms. The SMILES string of the molecule is COC(=O)[C@@H](C)O[C@@H]1[C@@H](NC(C)=O)[C@@H](OCc2ccccc2)O[C@H](COCc2ccccc2)[C@H]1O[C@@H]1O[C@H](COC(C)=O)[C@@H](OC(C)=O)[C@H](OC(C)=O)[C@H]1NC(C)=O. The van der Waals surface area contributed by atoms with Gasteiger partial charge in [-0.2, -0.15) is 0 Å². The van der Waals surface area contributed by atoms with E-state index in [1.54, 1.807) is 0 Å². The second-order valence-corrected chi connectivity index (χ2v) is 13.7. The van der Waals surface area contributed by atoms with E-state index in [0.29, 0.717) is 0 Å². The van der Waals surface area contributed by atoms with Crippen molar-refractivity contribution >= 4 is 35.7 Å². The molecule has 0 radical (unpaired) electrons. The lowest BCUT2D eigenvalue weighted by atomic mass is 9.93. The monoisotopic (exact) mass is 816 g/mol. The number of carbonyl (C=O) groups is 6. The molecule has 58 heavy (non-hydrogen) atoms. The normalized spacial score (nSPS) is 27.3. The number of methoxy groups -OCH3 is 1. The predicted octanol–water partition coefficient (Wildman–Crippen LogP) is 1.64. The van der Waals surface area contributed by atoms with Gasteiger partial charge in [0.05, 0.1) is 26.9 Å². The van der Waals surface area contributed by atoms with Gasteiger partial charge in [0.15, 0.2) is 30.9 Å². The summed E-state index contributed by atoms with van der Waals surface area (Å²) in [5.41, 5.74) is 1.63. The van der Waals surface area contributed by atoms with E-state index in [9.17, 15) is 28.8 Å². The van der Waals surface area contributed by atoms with Gasteiger partial charge in [-0.05, 0) is 18.1 Å². The van der Waals surface area contributed by atoms with E-state index in [4.69, 9.17) is 47.4 Å². The lowest BCUT2D eigenvalue weighted by molar-refractivity contribution is -0.341. The molecule has 0 saturated carbocycles. The van der Waals surface area contributed by atoms with Crippen LogP contribution in [0.4, 0.5) is 0 Å². The second kappa shape index (κ2) is 22.2. The number of rotatable bonds is 18. The number of benzene rings is 2. The Balaban J connectivity index is 1.84. The highest BCUT2D eigenvalue weighted by molar-refractivity contribution is 5.75. The van der Waals surface area contributed by atoms with Crippen molar-refractivity contribution in [1.29, 1.82) is 0 Å². The van der Waals surface area contributed by atoms with Crippen LogP contribution in [0.2, 0.25) is 0 Å². The molecule has 2 amide bonds. The highest BCUT2D eigenvalue weighted by Gasteiger charge is 2.56. The molecule has 2 aliphatic rings. The lowest BCUT2D eigenvalue weighted by Gasteiger charge is -2.50. The van der Waals surface area contributed by atoms with Crippen LogP contribution in [0.1, 0.15) is 52.7 Å². The van der Waals surface area contributed by atoms with Gasteiger partial charge >= 0.3 is 23.9 Å². The Morgan fingerprint density at radius 3 is 1.69 bits per heavy atom. The average molecular weight is 817 g/mol. The van der Waals surface area contributed by atoms with Crippen LogP contribution in [0.25, 0.3) is 0 Å². The van der Waals surface area contributed by atoms with Gasteiger partial charge < -0.3 is 58.0 Å². The maximum absolute atomic E-state index is 12.9. The fourth-order valence-corrected chi connectivity index (χ4v) is 6.53. The van der Waals surface area contributed by atoms with Gasteiger partial charge in [-0.3, -0.25) is 24.0 Å². The number of esters is 4. The zero-order valence-electron chi connectivity index (χ0n) is 33.5. The highest BCUT2D eigenvalue weighted by Crippen LogP contribution is 2.34. The molecule has 2 saturated heterocycles. The molecular formula is C40H52N2O16. The third-order valence-electron chi connectivity index (χ3n) is 8.92. The first-order valence-corrected chi connectivity index (χ1v) is 18.7. The van der Waals surface area contributed by atoms with Gasteiger partial charge in [0.1, 0.15) is 43.1 Å². The molecule has 2 aliphatic heterocycles. The molecule has 2 aromatic rings. The minimum atomic E-state index is -1.59. The van der Waals surface area contributed by atoms with Gasteiger partial charge in [0.2, 0.25) is 11.8 Å². The van der Waals surface area contributed by atoms with Crippen molar-refractivity contribution in [3.63, 3.8) is 0 Å². The lowest BCUT2D eigenvalue weighted by Crippen LogP contribution is -2.70. The summed E-state index contributed by atoms with van der Waals surface area (Å²) in [7, 11) is 1.18. The van der Waals surface area contributed by atoms with E-state index < -0.39 is 110 Å². The van der Waals surface area contributed by atoms with Gasteiger partial charge in [0.25, 0.3) is 0 Å². The van der Waals surface area contributed by atoms with Gasteiger partial charge in [-0.15, -0.1) is 0 Å². The van der Waals surface area contributed by atoms with Crippen molar-refractivity contribution in [1.82, 2.24) is 10.6 Å². The Bertz CT molecular complexity index is 1680. The molecule has 2 fully saturated rings. The van der Waals surface area contributed by atoms with E-state index in [1.807, 2.05) is 60.7 Å². The number of ether oxygens (including phenoxy) is 10. The van der Waals surface area contributed by atoms with E-state index in [-0.39, 0.29) is 19.8 Å². The molecule has 0 unspecified atom stereocenters. The average Bonchev–Trinajstić information content (AvgIpc) is 3.17. The van der Waals surface area contributed by atoms with Gasteiger partial charge in [-0.1, -0.05) is 60.7 Å². The summed E-state index contributed by atoms with van der Waals surface area (Å²) in [6.45, 7) is 6.81. The third-order valence-corrected chi connectivity index (χ3v) is 8.92. The summed E-state index contributed by atoms with van der Waals surface area (Å²) in [6, 6.07) is 15.9. The summed E-state index contributed by atoms with van der Waals surface area (Å²) in [5, 5.41) is 5.49. The number of nitrogens with one attached hydrogen (secondary N) is 2. The molecule has 11 atom stereocenters. The molecule has 2 aromatic carbocycles. The predicted molar refractivity (Wildman–Crippen MR) is 199 cm³/mol.